The number of benzene rings is 1. The van der Waals surface area contributed by atoms with E-state index in [0.29, 0.717) is 29.7 Å². The van der Waals surface area contributed by atoms with E-state index in [0.717, 1.165) is 5.56 Å². The van der Waals surface area contributed by atoms with Gasteiger partial charge in [0.2, 0.25) is 0 Å². The molecule has 0 fully saturated rings. The summed E-state index contributed by atoms with van der Waals surface area (Å²) in [5.74, 6) is -0.605. The highest BCUT2D eigenvalue weighted by molar-refractivity contribution is 5.66. The van der Waals surface area contributed by atoms with E-state index in [1.165, 1.54) is 14.2 Å². The predicted molar refractivity (Wildman–Crippen MR) is 69.6 cm³/mol. The topological polar surface area (TPSA) is 55.8 Å². The Kier molecular flexibility index (Phi) is 5.15. The number of hydrogen-bond donors (Lipinski definition) is 1. The average Bonchev–Trinajstić information content (AvgIpc) is 2.36. The molecule has 1 aromatic rings. The summed E-state index contributed by atoms with van der Waals surface area (Å²) in [6, 6.07) is 0. The van der Waals surface area contributed by atoms with Gasteiger partial charge in [-0.1, -0.05) is 0 Å². The molecule has 0 spiro atoms. The van der Waals surface area contributed by atoms with Crippen LogP contribution in [0, 0.1) is 19.7 Å². The molecule has 1 aromatic carbocycles. The van der Waals surface area contributed by atoms with Crippen LogP contribution in [-0.4, -0.2) is 25.3 Å². The van der Waals surface area contributed by atoms with Crippen LogP contribution in [0.5, 0.6) is 11.5 Å². The van der Waals surface area contributed by atoms with Crippen molar-refractivity contribution in [2.75, 3.05) is 14.2 Å². The second kappa shape index (κ2) is 6.41. The van der Waals surface area contributed by atoms with Gasteiger partial charge in [-0.3, -0.25) is 4.79 Å². The molecule has 0 unspecified atom stereocenters. The molecular weight excluding hydrogens is 251 g/mol. The molecule has 1 rings (SSSR count). The van der Waals surface area contributed by atoms with Crippen LogP contribution >= 0.6 is 0 Å². The molecule has 0 atom stereocenters. The Morgan fingerprint density at radius 1 is 1.16 bits per heavy atom. The minimum absolute atomic E-state index is 0.0708. The van der Waals surface area contributed by atoms with E-state index in [9.17, 15) is 9.18 Å². The molecule has 106 valence electrons. The second-order valence-corrected chi connectivity index (χ2v) is 4.36. The summed E-state index contributed by atoms with van der Waals surface area (Å²) in [7, 11) is 2.90. The molecule has 5 heteroatoms. The van der Waals surface area contributed by atoms with Crippen molar-refractivity contribution in [2.45, 2.75) is 33.1 Å². The normalized spacial score (nSPS) is 10.4. The number of carboxylic acid groups (broad SMARTS) is 1. The van der Waals surface area contributed by atoms with Crippen LogP contribution in [0.3, 0.4) is 0 Å². The lowest BCUT2D eigenvalue weighted by molar-refractivity contribution is -0.137. The minimum Gasteiger partial charge on any atom is -0.496 e. The highest BCUT2D eigenvalue weighted by atomic mass is 19.1. The molecule has 4 nitrogen and oxygen atoms in total. The van der Waals surface area contributed by atoms with Crippen LogP contribution < -0.4 is 9.47 Å². The van der Waals surface area contributed by atoms with E-state index in [2.05, 4.69) is 0 Å². The summed E-state index contributed by atoms with van der Waals surface area (Å²) in [6.07, 6.45) is 1.06. The average molecular weight is 270 g/mol. The van der Waals surface area contributed by atoms with Crippen molar-refractivity contribution < 1.29 is 23.8 Å². The SMILES string of the molecule is COc1c(C)c(CCCC(=O)O)c(OC)c(C)c1F. The number of aliphatic carboxylic acids is 1. The van der Waals surface area contributed by atoms with Crippen LogP contribution in [0.2, 0.25) is 0 Å². The van der Waals surface area contributed by atoms with Gasteiger partial charge in [0.15, 0.2) is 11.6 Å². The first-order valence-electron chi connectivity index (χ1n) is 6.05. The first kappa shape index (κ1) is 15.3. The van der Waals surface area contributed by atoms with Crippen molar-refractivity contribution in [3.63, 3.8) is 0 Å². The molecule has 0 bridgehead atoms. The zero-order chi connectivity index (χ0) is 14.6. The van der Waals surface area contributed by atoms with Crippen molar-refractivity contribution in [1.82, 2.24) is 0 Å². The number of carbonyl (C=O) groups is 1. The molecule has 0 amide bonds. The van der Waals surface area contributed by atoms with E-state index in [-0.39, 0.29) is 12.2 Å². The molecule has 0 saturated heterocycles. The standard InChI is InChI=1S/C14H19FO4/c1-8-10(6-5-7-11(16)17)13(18-3)9(2)12(15)14(8)19-4/h5-7H2,1-4H3,(H,16,17). The van der Waals surface area contributed by atoms with Crippen LogP contribution in [0.25, 0.3) is 0 Å². The number of hydrogen-bond acceptors (Lipinski definition) is 3. The second-order valence-electron chi connectivity index (χ2n) is 4.36. The molecule has 1 N–H and O–H groups in total. The molecular formula is C14H19FO4. The fraction of sp³-hybridized carbons (Fsp3) is 0.500. The zero-order valence-corrected chi connectivity index (χ0v) is 11.7. The third-order valence-corrected chi connectivity index (χ3v) is 3.16. The Labute approximate surface area is 112 Å². The molecule has 0 saturated carbocycles. The van der Waals surface area contributed by atoms with Gasteiger partial charge in [-0.15, -0.1) is 0 Å². The predicted octanol–water partition coefficient (Wildman–Crippen LogP) is 2.87. The fourth-order valence-corrected chi connectivity index (χ4v) is 2.20. The lowest BCUT2D eigenvalue weighted by atomic mass is 9.97. The van der Waals surface area contributed by atoms with Gasteiger partial charge in [-0.05, 0) is 26.7 Å². The molecule has 0 aliphatic heterocycles. The Hall–Kier alpha value is -1.78. The zero-order valence-electron chi connectivity index (χ0n) is 11.7. The lowest BCUT2D eigenvalue weighted by Crippen LogP contribution is -2.05. The Bertz CT molecular complexity index is 483. The Morgan fingerprint density at radius 3 is 2.21 bits per heavy atom. The van der Waals surface area contributed by atoms with Crippen LogP contribution in [0.1, 0.15) is 29.5 Å². The third-order valence-electron chi connectivity index (χ3n) is 3.16. The lowest BCUT2D eigenvalue weighted by Gasteiger charge is -2.18. The van der Waals surface area contributed by atoms with Gasteiger partial charge in [0, 0.05) is 23.1 Å². The fourth-order valence-electron chi connectivity index (χ4n) is 2.20. The number of carboxylic acids is 1. The summed E-state index contributed by atoms with van der Waals surface area (Å²) in [6.45, 7) is 3.37. The maximum Gasteiger partial charge on any atom is 0.303 e. The van der Waals surface area contributed by atoms with Crippen molar-refractivity contribution in [3.05, 3.63) is 22.5 Å². The van der Waals surface area contributed by atoms with Gasteiger partial charge in [0.05, 0.1) is 14.2 Å². The van der Waals surface area contributed by atoms with E-state index < -0.39 is 11.8 Å². The van der Waals surface area contributed by atoms with E-state index in [1.54, 1.807) is 13.8 Å². The number of halogens is 1. The van der Waals surface area contributed by atoms with Crippen molar-refractivity contribution in [3.8, 4) is 11.5 Å². The van der Waals surface area contributed by atoms with E-state index in [1.807, 2.05) is 0 Å². The van der Waals surface area contributed by atoms with Crippen LogP contribution in [-0.2, 0) is 11.2 Å². The van der Waals surface area contributed by atoms with Gasteiger partial charge in [0.1, 0.15) is 5.75 Å². The maximum absolute atomic E-state index is 14.0. The van der Waals surface area contributed by atoms with Crippen LogP contribution in [0.15, 0.2) is 0 Å². The number of ether oxygens (including phenoxy) is 2. The van der Waals surface area contributed by atoms with Crippen molar-refractivity contribution >= 4 is 5.97 Å². The summed E-state index contributed by atoms with van der Waals surface area (Å²) in [5, 5.41) is 8.67. The van der Waals surface area contributed by atoms with Gasteiger partial charge >= 0.3 is 5.97 Å². The van der Waals surface area contributed by atoms with Crippen molar-refractivity contribution in [1.29, 1.82) is 0 Å². The monoisotopic (exact) mass is 270 g/mol. The van der Waals surface area contributed by atoms with Gasteiger partial charge < -0.3 is 14.6 Å². The van der Waals surface area contributed by atoms with E-state index >= 15 is 0 Å². The Morgan fingerprint density at radius 2 is 1.74 bits per heavy atom. The highest BCUT2D eigenvalue weighted by Crippen LogP contribution is 2.37. The molecule has 0 heterocycles. The highest BCUT2D eigenvalue weighted by Gasteiger charge is 2.20. The van der Waals surface area contributed by atoms with Gasteiger partial charge in [-0.25, -0.2) is 4.39 Å². The summed E-state index contributed by atoms with van der Waals surface area (Å²) >= 11 is 0. The number of rotatable bonds is 6. The molecule has 0 aliphatic rings. The largest absolute Gasteiger partial charge is 0.496 e. The smallest absolute Gasteiger partial charge is 0.303 e. The van der Waals surface area contributed by atoms with Gasteiger partial charge in [0.25, 0.3) is 0 Å². The molecule has 19 heavy (non-hydrogen) atoms. The van der Waals surface area contributed by atoms with Crippen molar-refractivity contribution in [2.24, 2.45) is 0 Å². The quantitative estimate of drug-likeness (QED) is 0.863. The maximum atomic E-state index is 14.0. The van der Waals surface area contributed by atoms with Gasteiger partial charge in [-0.2, -0.15) is 0 Å². The Balaban J connectivity index is 3.20. The summed E-state index contributed by atoms with van der Waals surface area (Å²) in [5.41, 5.74) is 1.85. The molecule has 0 aliphatic carbocycles. The number of methoxy groups -OCH3 is 2. The molecule has 0 aromatic heterocycles. The third kappa shape index (κ3) is 3.16. The molecule has 0 radical (unpaired) electrons. The van der Waals surface area contributed by atoms with Crippen LogP contribution in [0.4, 0.5) is 4.39 Å². The first-order valence-corrected chi connectivity index (χ1v) is 6.05. The summed E-state index contributed by atoms with van der Waals surface area (Å²) in [4.78, 5) is 10.6. The first-order chi connectivity index (χ1) is 8.93. The summed E-state index contributed by atoms with van der Waals surface area (Å²) < 4.78 is 24.4. The van der Waals surface area contributed by atoms with E-state index in [4.69, 9.17) is 14.6 Å². The minimum atomic E-state index is -0.845.